The van der Waals surface area contributed by atoms with Crippen LogP contribution in [0.2, 0.25) is 0 Å². The largest absolute Gasteiger partial charge is 0.388 e. The minimum atomic E-state index is -0.661. The van der Waals surface area contributed by atoms with Crippen molar-refractivity contribution in [2.24, 2.45) is 0 Å². The third kappa shape index (κ3) is 5.26. The van der Waals surface area contributed by atoms with Gasteiger partial charge >= 0.3 is 0 Å². The zero-order chi connectivity index (χ0) is 21.6. The number of nitrogens with one attached hydrogen (secondary N) is 1. The SMILES string of the molecule is Cc1ccc(-c2sc(NC(=O)CC[C@@H](O)c3ccccc3)nc2-c2ccccc2)cc1. The van der Waals surface area contributed by atoms with Crippen LogP contribution in [0.4, 0.5) is 5.13 Å². The maximum Gasteiger partial charge on any atom is 0.226 e. The molecule has 1 heterocycles. The number of aliphatic hydroxyl groups excluding tert-OH is 1. The molecule has 4 aromatic rings. The molecule has 31 heavy (non-hydrogen) atoms. The molecule has 0 saturated heterocycles. The number of anilines is 1. The van der Waals surface area contributed by atoms with Gasteiger partial charge in [-0.25, -0.2) is 4.98 Å². The van der Waals surface area contributed by atoms with Crippen molar-refractivity contribution in [3.63, 3.8) is 0 Å². The van der Waals surface area contributed by atoms with Crippen molar-refractivity contribution < 1.29 is 9.90 Å². The Bertz CT molecular complexity index is 1140. The summed E-state index contributed by atoms with van der Waals surface area (Å²) in [5, 5.41) is 13.8. The molecule has 3 aromatic carbocycles. The molecule has 0 aliphatic carbocycles. The fourth-order valence-electron chi connectivity index (χ4n) is 3.36. The van der Waals surface area contributed by atoms with Gasteiger partial charge < -0.3 is 10.4 Å². The van der Waals surface area contributed by atoms with Crippen molar-refractivity contribution in [1.29, 1.82) is 0 Å². The van der Waals surface area contributed by atoms with Crippen LogP contribution < -0.4 is 5.32 Å². The Morgan fingerprint density at radius 1 is 0.935 bits per heavy atom. The van der Waals surface area contributed by atoms with Crippen LogP contribution in [0.25, 0.3) is 21.7 Å². The van der Waals surface area contributed by atoms with Gasteiger partial charge in [0.2, 0.25) is 5.91 Å². The first-order valence-electron chi connectivity index (χ1n) is 10.3. The molecule has 4 nitrogen and oxygen atoms in total. The number of thiazole rings is 1. The van der Waals surface area contributed by atoms with E-state index >= 15 is 0 Å². The summed E-state index contributed by atoms with van der Waals surface area (Å²) in [5.74, 6) is -0.154. The fraction of sp³-hybridized carbons (Fsp3) is 0.154. The minimum absolute atomic E-state index is 0.154. The monoisotopic (exact) mass is 428 g/mol. The first-order valence-corrected chi connectivity index (χ1v) is 11.1. The minimum Gasteiger partial charge on any atom is -0.388 e. The summed E-state index contributed by atoms with van der Waals surface area (Å²) in [6.07, 6.45) is -0.0837. The molecular formula is C26H24N2O2S. The molecule has 0 spiro atoms. The number of carbonyl (C=O) groups excluding carboxylic acids is 1. The smallest absolute Gasteiger partial charge is 0.226 e. The van der Waals surface area contributed by atoms with Crippen LogP contribution in [0, 0.1) is 6.92 Å². The number of aliphatic hydroxyl groups is 1. The predicted octanol–water partition coefficient (Wildman–Crippen LogP) is 6.24. The van der Waals surface area contributed by atoms with Gasteiger partial charge in [-0.1, -0.05) is 102 Å². The summed E-state index contributed by atoms with van der Waals surface area (Å²) in [7, 11) is 0. The lowest BCUT2D eigenvalue weighted by Gasteiger charge is -2.10. The van der Waals surface area contributed by atoms with Crippen LogP contribution in [0.1, 0.15) is 30.1 Å². The second kappa shape index (κ2) is 9.69. The molecule has 1 amide bonds. The van der Waals surface area contributed by atoms with Gasteiger partial charge in [0.05, 0.1) is 16.7 Å². The van der Waals surface area contributed by atoms with Gasteiger partial charge in [0, 0.05) is 12.0 Å². The molecule has 1 atom stereocenters. The summed E-state index contributed by atoms with van der Waals surface area (Å²) in [6.45, 7) is 2.06. The maximum absolute atomic E-state index is 12.5. The third-order valence-electron chi connectivity index (χ3n) is 5.06. The van der Waals surface area contributed by atoms with Gasteiger partial charge in [-0.3, -0.25) is 4.79 Å². The molecule has 2 N–H and O–H groups in total. The lowest BCUT2D eigenvalue weighted by molar-refractivity contribution is -0.116. The van der Waals surface area contributed by atoms with Gasteiger partial charge in [0.1, 0.15) is 0 Å². The lowest BCUT2D eigenvalue weighted by Crippen LogP contribution is -2.12. The molecule has 0 aliphatic heterocycles. The normalized spacial score (nSPS) is 11.8. The number of amides is 1. The van der Waals surface area contributed by atoms with Crippen molar-refractivity contribution in [2.45, 2.75) is 25.9 Å². The van der Waals surface area contributed by atoms with Gasteiger partial charge in [0.25, 0.3) is 0 Å². The molecule has 0 unspecified atom stereocenters. The summed E-state index contributed by atoms with van der Waals surface area (Å²) >= 11 is 1.47. The quantitative estimate of drug-likeness (QED) is 0.366. The molecule has 4 rings (SSSR count). The average Bonchev–Trinajstić information content (AvgIpc) is 3.22. The second-order valence-corrected chi connectivity index (χ2v) is 8.44. The fourth-order valence-corrected chi connectivity index (χ4v) is 4.37. The highest BCUT2D eigenvalue weighted by Crippen LogP contribution is 2.39. The highest BCUT2D eigenvalue weighted by atomic mass is 32.1. The molecule has 0 bridgehead atoms. The van der Waals surface area contributed by atoms with E-state index in [2.05, 4.69) is 36.5 Å². The van der Waals surface area contributed by atoms with Crippen LogP contribution >= 0.6 is 11.3 Å². The van der Waals surface area contributed by atoms with Gasteiger partial charge in [-0.15, -0.1) is 0 Å². The number of rotatable bonds is 7. The number of aryl methyl sites for hydroxylation is 1. The molecule has 0 saturated carbocycles. The van der Waals surface area contributed by atoms with Crippen LogP contribution in [0.5, 0.6) is 0 Å². The predicted molar refractivity (Wildman–Crippen MR) is 127 cm³/mol. The number of aromatic nitrogens is 1. The topological polar surface area (TPSA) is 62.2 Å². The van der Waals surface area contributed by atoms with Crippen LogP contribution in [0.3, 0.4) is 0 Å². The van der Waals surface area contributed by atoms with E-state index in [-0.39, 0.29) is 12.3 Å². The molecule has 0 radical (unpaired) electrons. The molecule has 156 valence electrons. The summed E-state index contributed by atoms with van der Waals surface area (Å²) in [5.41, 5.74) is 4.95. The number of carbonyl (C=O) groups is 1. The Labute approximate surface area is 186 Å². The Balaban J connectivity index is 1.52. The number of benzene rings is 3. The Hall–Kier alpha value is -3.28. The molecule has 5 heteroatoms. The maximum atomic E-state index is 12.5. The average molecular weight is 429 g/mol. The van der Waals surface area contributed by atoms with Gasteiger partial charge in [0.15, 0.2) is 5.13 Å². The highest BCUT2D eigenvalue weighted by Gasteiger charge is 2.17. The molecule has 0 aliphatic rings. The first-order chi connectivity index (χ1) is 15.1. The Kier molecular flexibility index (Phi) is 6.55. The van der Waals surface area contributed by atoms with Crippen LogP contribution in [0.15, 0.2) is 84.9 Å². The second-order valence-electron chi connectivity index (χ2n) is 7.44. The third-order valence-corrected chi connectivity index (χ3v) is 6.08. The van der Waals surface area contributed by atoms with E-state index < -0.39 is 6.10 Å². The van der Waals surface area contributed by atoms with E-state index in [0.717, 1.165) is 27.3 Å². The summed E-state index contributed by atoms with van der Waals surface area (Å²) < 4.78 is 0. The zero-order valence-electron chi connectivity index (χ0n) is 17.3. The van der Waals surface area contributed by atoms with Crippen molar-refractivity contribution in [2.75, 3.05) is 5.32 Å². The number of nitrogens with zero attached hydrogens (tertiary/aromatic N) is 1. The molecule has 0 fully saturated rings. The zero-order valence-corrected chi connectivity index (χ0v) is 18.1. The first kappa shape index (κ1) is 21.0. The molecular weight excluding hydrogens is 404 g/mol. The Morgan fingerprint density at radius 2 is 1.58 bits per heavy atom. The van der Waals surface area contributed by atoms with Crippen molar-refractivity contribution in [1.82, 2.24) is 4.98 Å². The van der Waals surface area contributed by atoms with E-state index in [1.165, 1.54) is 16.9 Å². The summed E-state index contributed by atoms with van der Waals surface area (Å²) in [6, 6.07) is 27.7. The van der Waals surface area contributed by atoms with Crippen LogP contribution in [-0.4, -0.2) is 16.0 Å². The lowest BCUT2D eigenvalue weighted by atomic mass is 10.1. The van der Waals surface area contributed by atoms with Gasteiger partial charge in [-0.2, -0.15) is 0 Å². The molecule has 1 aromatic heterocycles. The standard InChI is InChI=1S/C26H24N2O2S/c1-18-12-14-21(15-13-18)25-24(20-10-6-3-7-11-20)28-26(31-25)27-23(30)17-16-22(29)19-8-4-2-5-9-19/h2-15,22,29H,16-17H2,1H3,(H,27,28,30)/t22-/m1/s1. The van der Waals surface area contributed by atoms with Gasteiger partial charge in [-0.05, 0) is 24.5 Å². The highest BCUT2D eigenvalue weighted by molar-refractivity contribution is 7.19. The number of hydrogen-bond donors (Lipinski definition) is 2. The van der Waals surface area contributed by atoms with Crippen LogP contribution in [-0.2, 0) is 4.79 Å². The van der Waals surface area contributed by atoms with Crippen molar-refractivity contribution in [3.05, 3.63) is 96.1 Å². The number of hydrogen-bond acceptors (Lipinski definition) is 4. The van der Waals surface area contributed by atoms with Crippen molar-refractivity contribution in [3.8, 4) is 21.7 Å². The van der Waals surface area contributed by atoms with E-state index in [0.29, 0.717) is 11.6 Å². The van der Waals surface area contributed by atoms with Crippen molar-refractivity contribution >= 4 is 22.4 Å². The Morgan fingerprint density at radius 3 is 2.26 bits per heavy atom. The van der Waals surface area contributed by atoms with E-state index in [4.69, 9.17) is 4.98 Å². The van der Waals surface area contributed by atoms with E-state index in [9.17, 15) is 9.90 Å². The van der Waals surface area contributed by atoms with E-state index in [1.807, 2.05) is 60.7 Å². The van der Waals surface area contributed by atoms with E-state index in [1.54, 1.807) is 0 Å². The summed E-state index contributed by atoms with van der Waals surface area (Å²) in [4.78, 5) is 18.3.